The largest absolute Gasteiger partial charge is 0.480 e. The number of aliphatic carboxylic acids is 2. The molecule has 2 aliphatic rings. The highest BCUT2D eigenvalue weighted by atomic mass is 79.9. The molecule has 12 heteroatoms. The van der Waals surface area contributed by atoms with E-state index in [9.17, 15) is 39.0 Å². The third-order valence-electron chi connectivity index (χ3n) is 8.29. The Morgan fingerprint density at radius 1 is 0.571 bits per heavy atom. The topological polar surface area (TPSA) is 149 Å². The summed E-state index contributed by atoms with van der Waals surface area (Å²) in [6.45, 7) is 2.55. The van der Waals surface area contributed by atoms with Crippen LogP contribution >= 0.6 is 31.9 Å². The number of imide groups is 2. The molecule has 5 aromatic carbocycles. The summed E-state index contributed by atoms with van der Waals surface area (Å²) in [5.74, 6) is -5.54. The van der Waals surface area contributed by atoms with Gasteiger partial charge in [0.05, 0.1) is 0 Å². The van der Waals surface area contributed by atoms with Crippen LogP contribution < -0.4 is 0 Å². The van der Waals surface area contributed by atoms with Crippen molar-refractivity contribution in [2.24, 2.45) is 0 Å². The van der Waals surface area contributed by atoms with Crippen LogP contribution in [0.4, 0.5) is 0 Å². The molecule has 2 unspecified atom stereocenters. The van der Waals surface area contributed by atoms with Crippen LogP contribution in [-0.4, -0.2) is 67.7 Å². The molecule has 0 spiro atoms. The molecule has 0 aliphatic carbocycles. The molecule has 42 heavy (non-hydrogen) atoms. The first-order valence-corrected chi connectivity index (χ1v) is 14.3. The maximum absolute atomic E-state index is 13.6. The van der Waals surface area contributed by atoms with Crippen molar-refractivity contribution in [2.45, 2.75) is 25.9 Å². The van der Waals surface area contributed by atoms with Gasteiger partial charge in [-0.3, -0.25) is 29.0 Å². The number of carbonyl (C=O) groups is 6. The molecule has 0 saturated carbocycles. The van der Waals surface area contributed by atoms with Gasteiger partial charge in [-0.15, -0.1) is 0 Å². The first-order valence-electron chi connectivity index (χ1n) is 12.7. The Bertz CT molecular complexity index is 2050. The summed E-state index contributed by atoms with van der Waals surface area (Å²) < 4.78 is 0.984. The first-order chi connectivity index (χ1) is 19.9. The minimum Gasteiger partial charge on any atom is -0.480 e. The minimum atomic E-state index is -1.39. The van der Waals surface area contributed by atoms with Crippen molar-refractivity contribution in [3.05, 3.63) is 67.6 Å². The van der Waals surface area contributed by atoms with Gasteiger partial charge in [0.2, 0.25) is 0 Å². The van der Waals surface area contributed by atoms with Gasteiger partial charge in [-0.05, 0) is 48.9 Å². The number of halogens is 2. The number of benzene rings is 5. The van der Waals surface area contributed by atoms with Gasteiger partial charge in [-0.25, -0.2) is 9.59 Å². The summed E-state index contributed by atoms with van der Waals surface area (Å²) in [5.41, 5.74) is 0.691. The lowest BCUT2D eigenvalue weighted by Gasteiger charge is -2.32. The maximum Gasteiger partial charge on any atom is 0.326 e. The average Bonchev–Trinajstić information content (AvgIpc) is 2.94. The third-order valence-corrected chi connectivity index (χ3v) is 9.54. The number of carboxylic acids is 2. The number of rotatable bonds is 4. The van der Waals surface area contributed by atoms with Crippen LogP contribution in [0.25, 0.3) is 43.1 Å². The van der Waals surface area contributed by atoms with E-state index in [1.807, 2.05) is 0 Å². The Morgan fingerprint density at radius 3 is 1.24 bits per heavy atom. The maximum atomic E-state index is 13.6. The lowest BCUT2D eigenvalue weighted by Crippen LogP contribution is -2.49. The molecule has 0 bridgehead atoms. The van der Waals surface area contributed by atoms with Crippen LogP contribution in [0, 0.1) is 0 Å². The van der Waals surface area contributed by atoms with Crippen molar-refractivity contribution >= 4 is 111 Å². The number of nitrogens with zero attached hydrogens (tertiary/aromatic N) is 2. The van der Waals surface area contributed by atoms with E-state index < -0.39 is 47.7 Å². The highest BCUT2D eigenvalue weighted by Gasteiger charge is 2.42. The predicted molar refractivity (Wildman–Crippen MR) is 158 cm³/mol. The van der Waals surface area contributed by atoms with E-state index in [1.165, 1.54) is 13.8 Å². The molecule has 2 aliphatic heterocycles. The zero-order valence-electron chi connectivity index (χ0n) is 21.6. The zero-order chi connectivity index (χ0) is 30.1. The minimum absolute atomic E-state index is 0.166. The summed E-state index contributed by atoms with van der Waals surface area (Å²) >= 11 is 7.19. The van der Waals surface area contributed by atoms with Crippen molar-refractivity contribution in [3.63, 3.8) is 0 Å². The van der Waals surface area contributed by atoms with Gasteiger partial charge < -0.3 is 10.2 Å². The summed E-state index contributed by atoms with van der Waals surface area (Å²) in [4.78, 5) is 79.1. The lowest BCUT2D eigenvalue weighted by molar-refractivity contribution is -0.141. The smallest absolute Gasteiger partial charge is 0.326 e. The zero-order valence-corrected chi connectivity index (χ0v) is 24.8. The van der Waals surface area contributed by atoms with E-state index in [0.717, 1.165) is 9.80 Å². The van der Waals surface area contributed by atoms with Crippen molar-refractivity contribution in [3.8, 4) is 0 Å². The van der Waals surface area contributed by atoms with Gasteiger partial charge >= 0.3 is 11.9 Å². The monoisotopic (exact) mass is 690 g/mol. The summed E-state index contributed by atoms with van der Waals surface area (Å²) in [6, 6.07) is 6.86. The third kappa shape index (κ3) is 3.08. The number of fused-ring (bicyclic) bond motifs is 2. The molecule has 4 amide bonds. The SMILES string of the molecule is CC(C(=O)O)N1C(=O)c2ccc3c4c(Br)cc5c6c(ccc(c7c(Br)cc(c2c37)C1=O)c64)C(=O)N(C(C)C(=O)O)C5=O. The number of hydrogen-bond acceptors (Lipinski definition) is 6. The Morgan fingerprint density at radius 2 is 0.905 bits per heavy atom. The molecular weight excluding hydrogens is 676 g/mol. The number of carbonyl (C=O) groups excluding carboxylic acids is 4. The number of carboxylic acid groups (broad SMARTS) is 2. The molecular formula is C30H16Br2N2O8. The molecule has 2 heterocycles. The fourth-order valence-corrected chi connectivity index (χ4v) is 7.61. The molecule has 0 saturated heterocycles. The highest BCUT2D eigenvalue weighted by molar-refractivity contribution is 9.11. The van der Waals surface area contributed by atoms with Gasteiger partial charge in [0.25, 0.3) is 23.6 Å². The van der Waals surface area contributed by atoms with Crippen LogP contribution in [0.3, 0.4) is 0 Å². The molecule has 0 radical (unpaired) electrons. The summed E-state index contributed by atoms with van der Waals surface area (Å²) in [5, 5.41) is 23.6. The Hall–Kier alpha value is -4.42. The number of amides is 4. The predicted octanol–water partition coefficient (Wildman–Crippen LogP) is 5.40. The second-order valence-electron chi connectivity index (χ2n) is 10.4. The molecule has 10 nitrogen and oxygen atoms in total. The van der Waals surface area contributed by atoms with E-state index >= 15 is 0 Å². The molecule has 5 aromatic rings. The fraction of sp³-hybridized carbons (Fsp3) is 0.133. The highest BCUT2D eigenvalue weighted by Crippen LogP contribution is 2.50. The van der Waals surface area contributed by atoms with E-state index in [4.69, 9.17) is 0 Å². The van der Waals surface area contributed by atoms with Gasteiger partial charge in [-0.2, -0.15) is 0 Å². The average molecular weight is 692 g/mol. The van der Waals surface area contributed by atoms with Crippen molar-refractivity contribution in [2.75, 3.05) is 0 Å². The Balaban J connectivity index is 1.64. The summed E-state index contributed by atoms with van der Waals surface area (Å²) in [6.07, 6.45) is 0. The van der Waals surface area contributed by atoms with Gasteiger partial charge in [0, 0.05) is 63.5 Å². The van der Waals surface area contributed by atoms with Crippen LogP contribution in [0.1, 0.15) is 55.3 Å². The normalized spacial score (nSPS) is 16.4. The molecule has 0 aromatic heterocycles. The van der Waals surface area contributed by atoms with Crippen LogP contribution in [0.2, 0.25) is 0 Å². The van der Waals surface area contributed by atoms with Gasteiger partial charge in [-0.1, -0.05) is 44.0 Å². The fourth-order valence-electron chi connectivity index (χ4n) is 6.33. The van der Waals surface area contributed by atoms with Crippen LogP contribution in [0.5, 0.6) is 0 Å². The Kier molecular flexibility index (Phi) is 5.39. The van der Waals surface area contributed by atoms with Crippen LogP contribution in [-0.2, 0) is 9.59 Å². The van der Waals surface area contributed by atoms with E-state index in [2.05, 4.69) is 31.9 Å². The first kappa shape index (κ1) is 26.5. The molecule has 0 fully saturated rings. The van der Waals surface area contributed by atoms with Gasteiger partial charge in [0.1, 0.15) is 12.1 Å². The standard InChI is InChI=1S/C30H16Br2N2O8/c1-9(29(39)40)33-25(35)13-5-3-11-22-18(32)8-16-20-14(26(36)34(28(16)38)10(2)30(41)42)6-4-12(24(20)22)21-17(31)7-15(27(33)37)19(13)23(11)21/h3-10H,1-2H3,(H,39,40)(H,41,42). The quantitative estimate of drug-likeness (QED) is 0.145. The van der Waals surface area contributed by atoms with E-state index in [1.54, 1.807) is 36.4 Å². The molecule has 7 rings (SSSR count). The summed E-state index contributed by atoms with van der Waals surface area (Å²) in [7, 11) is 0. The molecule has 208 valence electrons. The Labute approximate surface area is 252 Å². The van der Waals surface area contributed by atoms with Gasteiger partial charge in [0.15, 0.2) is 0 Å². The van der Waals surface area contributed by atoms with E-state index in [-0.39, 0.29) is 22.3 Å². The molecule has 2 N–H and O–H groups in total. The van der Waals surface area contributed by atoms with Crippen LogP contribution in [0.15, 0.2) is 45.3 Å². The van der Waals surface area contributed by atoms with Crippen molar-refractivity contribution < 1.29 is 39.0 Å². The van der Waals surface area contributed by atoms with Crippen molar-refractivity contribution in [1.29, 1.82) is 0 Å². The van der Waals surface area contributed by atoms with Crippen molar-refractivity contribution in [1.82, 2.24) is 9.80 Å². The van der Waals surface area contributed by atoms with E-state index in [0.29, 0.717) is 52.0 Å². The second-order valence-corrected chi connectivity index (χ2v) is 12.1. The molecule has 2 atom stereocenters. The number of hydrogen-bond donors (Lipinski definition) is 2. The lowest BCUT2D eigenvalue weighted by atomic mass is 9.82. The second kappa shape index (κ2) is 8.55.